The first kappa shape index (κ1) is 18.3. The van der Waals surface area contributed by atoms with Crippen molar-refractivity contribution in [3.63, 3.8) is 0 Å². The van der Waals surface area contributed by atoms with Crippen LogP contribution in [0.1, 0.15) is 0 Å². The van der Waals surface area contributed by atoms with Crippen LogP contribution in [-0.2, 0) is 0 Å². The van der Waals surface area contributed by atoms with Crippen LogP contribution >= 0.6 is 11.3 Å². The van der Waals surface area contributed by atoms with Gasteiger partial charge in [-0.25, -0.2) is 0 Å². The second-order valence-corrected chi connectivity index (χ2v) is 10.0. The Bertz CT molecular complexity index is 2070. The Balaban J connectivity index is 1.58. The highest BCUT2D eigenvalue weighted by molar-refractivity contribution is 7.27. The summed E-state index contributed by atoms with van der Waals surface area (Å²) in [5.74, 6) is 0. The van der Waals surface area contributed by atoms with Crippen LogP contribution in [0.3, 0.4) is 0 Å². The van der Waals surface area contributed by atoms with E-state index >= 15 is 0 Å². The van der Waals surface area contributed by atoms with Gasteiger partial charge in [0.15, 0.2) is 0 Å². The lowest BCUT2D eigenvalue weighted by Crippen LogP contribution is -1.80. The summed E-state index contributed by atoms with van der Waals surface area (Å²) in [6, 6.07) is 39.7. The second-order valence-electron chi connectivity index (χ2n) is 9.02. The fourth-order valence-corrected chi connectivity index (χ4v) is 7.03. The quantitative estimate of drug-likeness (QED) is 0.257. The first-order chi connectivity index (χ1) is 16.9. The number of para-hydroxylation sites is 1. The molecule has 8 rings (SSSR count). The van der Waals surface area contributed by atoms with Crippen molar-refractivity contribution in [2.24, 2.45) is 0 Å². The highest BCUT2D eigenvalue weighted by Crippen LogP contribution is 2.48. The zero-order chi connectivity index (χ0) is 22.2. The van der Waals surface area contributed by atoms with E-state index < -0.39 is 0 Å². The monoisotopic (exact) mass is 449 g/mol. The normalized spacial score (nSPS) is 12.1. The summed E-state index contributed by atoms with van der Waals surface area (Å²) in [7, 11) is 0. The summed E-state index contributed by atoms with van der Waals surface area (Å²) in [6.45, 7) is 0. The Labute approximate surface area is 199 Å². The Morgan fingerprint density at radius 2 is 1.24 bits per heavy atom. The van der Waals surface area contributed by atoms with Crippen LogP contribution in [0.15, 0.2) is 109 Å². The van der Waals surface area contributed by atoms with E-state index in [0.29, 0.717) is 0 Å². The van der Waals surface area contributed by atoms with E-state index in [1.165, 1.54) is 74.6 Å². The minimum absolute atomic E-state index is 1.19. The zero-order valence-electron chi connectivity index (χ0n) is 18.3. The lowest BCUT2D eigenvalue weighted by atomic mass is 9.97. The van der Waals surface area contributed by atoms with Crippen LogP contribution in [-0.4, -0.2) is 4.98 Å². The molecule has 0 atom stereocenters. The van der Waals surface area contributed by atoms with Gasteiger partial charge in [-0.3, -0.25) is 0 Å². The van der Waals surface area contributed by atoms with E-state index in [0.717, 1.165) is 0 Å². The molecule has 158 valence electrons. The largest absolute Gasteiger partial charge is 0.354 e. The van der Waals surface area contributed by atoms with Crippen molar-refractivity contribution in [1.82, 2.24) is 4.98 Å². The molecular formula is C32H19NS. The third-order valence-corrected chi connectivity index (χ3v) is 8.45. The van der Waals surface area contributed by atoms with Crippen LogP contribution in [0, 0.1) is 0 Å². The molecule has 0 bridgehead atoms. The van der Waals surface area contributed by atoms with Gasteiger partial charge in [-0.2, -0.15) is 0 Å². The molecule has 0 saturated heterocycles. The summed E-state index contributed by atoms with van der Waals surface area (Å²) in [6.07, 6.45) is 0. The van der Waals surface area contributed by atoms with Crippen molar-refractivity contribution in [2.75, 3.05) is 0 Å². The van der Waals surface area contributed by atoms with E-state index in [1.54, 1.807) is 0 Å². The predicted molar refractivity (Wildman–Crippen MR) is 149 cm³/mol. The number of aromatic nitrogens is 1. The fourth-order valence-electron chi connectivity index (χ4n) is 5.64. The van der Waals surface area contributed by atoms with Crippen molar-refractivity contribution in [1.29, 1.82) is 0 Å². The molecule has 0 aliphatic carbocycles. The van der Waals surface area contributed by atoms with Gasteiger partial charge in [-0.1, -0.05) is 97.1 Å². The van der Waals surface area contributed by atoms with Crippen molar-refractivity contribution in [2.45, 2.75) is 0 Å². The molecule has 2 heteroatoms. The molecule has 0 spiro atoms. The van der Waals surface area contributed by atoms with Crippen LogP contribution in [0.4, 0.5) is 0 Å². The van der Waals surface area contributed by atoms with Gasteiger partial charge in [0.2, 0.25) is 0 Å². The van der Waals surface area contributed by atoms with Crippen molar-refractivity contribution in [3.05, 3.63) is 109 Å². The van der Waals surface area contributed by atoms with Crippen LogP contribution in [0.5, 0.6) is 0 Å². The number of fused-ring (bicyclic) bond motifs is 11. The molecule has 1 nitrogen and oxygen atoms in total. The lowest BCUT2D eigenvalue weighted by Gasteiger charge is -2.06. The highest BCUT2D eigenvalue weighted by atomic mass is 32.1. The Kier molecular flexibility index (Phi) is 3.60. The van der Waals surface area contributed by atoms with Gasteiger partial charge in [0.05, 0.1) is 5.52 Å². The summed E-state index contributed by atoms with van der Waals surface area (Å²) in [5, 5.41) is 10.5. The molecule has 2 heterocycles. The molecule has 0 fully saturated rings. The maximum atomic E-state index is 3.74. The molecule has 34 heavy (non-hydrogen) atoms. The van der Waals surface area contributed by atoms with Crippen LogP contribution in [0.2, 0.25) is 0 Å². The van der Waals surface area contributed by atoms with E-state index in [1.807, 2.05) is 11.3 Å². The third kappa shape index (κ3) is 2.38. The van der Waals surface area contributed by atoms with Crippen LogP contribution < -0.4 is 0 Å². The molecule has 0 aliphatic heterocycles. The fraction of sp³-hybridized carbons (Fsp3) is 0. The Morgan fingerprint density at radius 3 is 2.15 bits per heavy atom. The zero-order valence-corrected chi connectivity index (χ0v) is 19.1. The SMILES string of the molecule is c1ccc2cc(-c3cccc4c3sc3c5ccccc5c5[nH]c6ccccc6c5c43)ccc2c1. The third-order valence-electron chi connectivity index (χ3n) is 7.17. The summed E-state index contributed by atoms with van der Waals surface area (Å²) < 4.78 is 2.73. The van der Waals surface area contributed by atoms with Crippen molar-refractivity contribution in [3.8, 4) is 11.1 Å². The van der Waals surface area contributed by atoms with Gasteiger partial charge in [-0.15, -0.1) is 11.3 Å². The number of thiophene rings is 1. The topological polar surface area (TPSA) is 15.8 Å². The first-order valence-corrected chi connectivity index (χ1v) is 12.4. The molecule has 0 radical (unpaired) electrons. The van der Waals surface area contributed by atoms with Crippen LogP contribution in [0.25, 0.3) is 74.6 Å². The van der Waals surface area contributed by atoms with E-state index in [9.17, 15) is 0 Å². The minimum Gasteiger partial charge on any atom is -0.354 e. The van der Waals surface area contributed by atoms with E-state index in [-0.39, 0.29) is 0 Å². The van der Waals surface area contributed by atoms with Gasteiger partial charge in [-0.05, 0) is 34.0 Å². The molecule has 0 amide bonds. The summed E-state index contributed by atoms with van der Waals surface area (Å²) >= 11 is 1.93. The minimum atomic E-state index is 1.19. The average Bonchev–Trinajstić information content (AvgIpc) is 3.47. The molecule has 0 aliphatic rings. The summed E-state index contributed by atoms with van der Waals surface area (Å²) in [5.41, 5.74) is 5.01. The number of hydrogen-bond acceptors (Lipinski definition) is 1. The molecule has 0 unspecified atom stereocenters. The molecule has 1 N–H and O–H groups in total. The highest BCUT2D eigenvalue weighted by Gasteiger charge is 2.19. The number of aromatic amines is 1. The van der Waals surface area contributed by atoms with Gasteiger partial charge in [0.25, 0.3) is 0 Å². The van der Waals surface area contributed by atoms with Gasteiger partial charge >= 0.3 is 0 Å². The maximum absolute atomic E-state index is 3.74. The first-order valence-electron chi connectivity index (χ1n) is 11.6. The average molecular weight is 450 g/mol. The summed E-state index contributed by atoms with van der Waals surface area (Å²) in [4.78, 5) is 3.74. The smallest absolute Gasteiger partial charge is 0.0551 e. The number of rotatable bonds is 1. The van der Waals surface area contributed by atoms with Gasteiger partial charge < -0.3 is 4.98 Å². The Morgan fingerprint density at radius 1 is 0.500 bits per heavy atom. The van der Waals surface area contributed by atoms with Crippen molar-refractivity contribution >= 4 is 74.9 Å². The number of hydrogen-bond donors (Lipinski definition) is 1. The standard InChI is InChI=1S/C32H19NS/c1-2-9-20-18-21(17-16-19(20)8-1)22-13-7-14-26-29-28-25-12-5-6-15-27(25)33-30(28)23-10-3-4-11-24(23)32(29)34-31(22)26/h1-18,33H. The maximum Gasteiger partial charge on any atom is 0.0551 e. The molecule has 6 aromatic carbocycles. The number of nitrogens with one attached hydrogen (secondary N) is 1. The van der Waals surface area contributed by atoms with Crippen molar-refractivity contribution < 1.29 is 0 Å². The Hall–Kier alpha value is -4.14. The van der Waals surface area contributed by atoms with E-state index in [2.05, 4.69) is 114 Å². The molecule has 2 aromatic heterocycles. The second kappa shape index (κ2) is 6.69. The van der Waals surface area contributed by atoms with Gasteiger partial charge in [0, 0.05) is 47.2 Å². The molecule has 8 aromatic rings. The number of benzene rings is 6. The molecule has 0 saturated carbocycles. The lowest BCUT2D eigenvalue weighted by molar-refractivity contribution is 1.57. The van der Waals surface area contributed by atoms with Gasteiger partial charge in [0.1, 0.15) is 0 Å². The molecular weight excluding hydrogens is 430 g/mol. The predicted octanol–water partition coefficient (Wildman–Crippen LogP) is 9.66. The van der Waals surface area contributed by atoms with E-state index in [4.69, 9.17) is 0 Å². The number of H-pyrrole nitrogens is 1.